The highest BCUT2D eigenvalue weighted by Crippen LogP contribution is 2.17. The van der Waals surface area contributed by atoms with Crippen molar-refractivity contribution in [2.75, 3.05) is 11.9 Å². The lowest BCUT2D eigenvalue weighted by molar-refractivity contribution is 0.249. The zero-order valence-corrected chi connectivity index (χ0v) is 13.3. The highest BCUT2D eigenvalue weighted by Gasteiger charge is 2.09. The molecule has 1 unspecified atom stereocenters. The van der Waals surface area contributed by atoms with Gasteiger partial charge in [0, 0.05) is 12.2 Å². The van der Waals surface area contributed by atoms with Crippen molar-refractivity contribution in [1.82, 2.24) is 5.32 Å². The van der Waals surface area contributed by atoms with Crippen LogP contribution in [0.25, 0.3) is 0 Å². The SMILES string of the molecule is CCCCC(CC)CNC(=O)Nc1cccc(C)c1C. The number of urea groups is 1. The number of hydrogen-bond donors (Lipinski definition) is 2. The third-order valence-corrected chi connectivity index (χ3v) is 3.95. The number of carbonyl (C=O) groups excluding carboxylic acids is 1. The van der Waals surface area contributed by atoms with Gasteiger partial charge < -0.3 is 10.6 Å². The number of nitrogens with one attached hydrogen (secondary N) is 2. The normalized spacial score (nSPS) is 12.0. The van der Waals surface area contributed by atoms with E-state index in [0.29, 0.717) is 5.92 Å². The maximum absolute atomic E-state index is 11.9. The minimum Gasteiger partial charge on any atom is -0.338 e. The Hall–Kier alpha value is -1.51. The molecule has 0 aliphatic heterocycles. The molecule has 0 bridgehead atoms. The first-order valence-corrected chi connectivity index (χ1v) is 7.69. The molecule has 3 heteroatoms. The Labute approximate surface area is 123 Å². The molecule has 0 heterocycles. The Balaban J connectivity index is 2.45. The molecule has 0 saturated heterocycles. The van der Waals surface area contributed by atoms with Gasteiger partial charge in [0.15, 0.2) is 0 Å². The van der Waals surface area contributed by atoms with Gasteiger partial charge in [0.25, 0.3) is 0 Å². The smallest absolute Gasteiger partial charge is 0.319 e. The van der Waals surface area contributed by atoms with Crippen molar-refractivity contribution in [2.45, 2.75) is 53.4 Å². The Kier molecular flexibility index (Phi) is 7.13. The largest absolute Gasteiger partial charge is 0.338 e. The molecule has 0 aliphatic rings. The monoisotopic (exact) mass is 276 g/mol. The first-order valence-electron chi connectivity index (χ1n) is 7.69. The molecule has 2 N–H and O–H groups in total. The summed E-state index contributed by atoms with van der Waals surface area (Å²) in [5.74, 6) is 0.583. The molecule has 112 valence electrons. The highest BCUT2D eigenvalue weighted by molar-refractivity contribution is 5.90. The van der Waals surface area contributed by atoms with Crippen molar-refractivity contribution in [2.24, 2.45) is 5.92 Å². The molecule has 1 rings (SSSR count). The van der Waals surface area contributed by atoms with Crippen molar-refractivity contribution in [1.29, 1.82) is 0 Å². The molecule has 3 nitrogen and oxygen atoms in total. The molecule has 2 amide bonds. The van der Waals surface area contributed by atoms with Crippen LogP contribution in [0.4, 0.5) is 10.5 Å². The van der Waals surface area contributed by atoms with Crippen LogP contribution in [0.5, 0.6) is 0 Å². The van der Waals surface area contributed by atoms with Gasteiger partial charge in [-0.2, -0.15) is 0 Å². The fourth-order valence-corrected chi connectivity index (χ4v) is 2.23. The summed E-state index contributed by atoms with van der Waals surface area (Å²) in [5, 5.41) is 5.92. The first kappa shape index (κ1) is 16.5. The fourth-order valence-electron chi connectivity index (χ4n) is 2.23. The fraction of sp³-hybridized carbons (Fsp3) is 0.588. The number of aryl methyl sites for hydroxylation is 1. The lowest BCUT2D eigenvalue weighted by atomic mass is 9.99. The number of carbonyl (C=O) groups is 1. The second-order valence-corrected chi connectivity index (χ2v) is 5.50. The topological polar surface area (TPSA) is 41.1 Å². The predicted molar refractivity (Wildman–Crippen MR) is 86.2 cm³/mol. The number of hydrogen-bond acceptors (Lipinski definition) is 1. The average Bonchev–Trinajstić information content (AvgIpc) is 2.44. The van der Waals surface area contributed by atoms with Gasteiger partial charge in [0.2, 0.25) is 0 Å². The summed E-state index contributed by atoms with van der Waals surface area (Å²) >= 11 is 0. The van der Waals surface area contributed by atoms with Crippen molar-refractivity contribution >= 4 is 11.7 Å². The first-order chi connectivity index (χ1) is 9.58. The molecule has 0 radical (unpaired) electrons. The van der Waals surface area contributed by atoms with Gasteiger partial charge in [-0.3, -0.25) is 0 Å². The lowest BCUT2D eigenvalue weighted by Crippen LogP contribution is -2.33. The van der Waals surface area contributed by atoms with E-state index in [9.17, 15) is 4.79 Å². The van der Waals surface area contributed by atoms with Crippen LogP contribution in [0.3, 0.4) is 0 Å². The van der Waals surface area contributed by atoms with E-state index < -0.39 is 0 Å². The summed E-state index contributed by atoms with van der Waals surface area (Å²) in [5.41, 5.74) is 3.21. The number of rotatable bonds is 7. The second-order valence-electron chi connectivity index (χ2n) is 5.50. The Morgan fingerprint density at radius 2 is 2.00 bits per heavy atom. The molecule has 0 aromatic heterocycles. The van der Waals surface area contributed by atoms with Gasteiger partial charge >= 0.3 is 6.03 Å². The van der Waals surface area contributed by atoms with Gasteiger partial charge in [-0.25, -0.2) is 4.79 Å². The standard InChI is InChI=1S/C17H28N2O/c1-5-7-10-15(6-2)12-18-17(20)19-16-11-8-9-13(3)14(16)4/h8-9,11,15H,5-7,10,12H2,1-4H3,(H2,18,19,20). The Morgan fingerprint density at radius 3 is 2.65 bits per heavy atom. The van der Waals surface area contributed by atoms with E-state index in [1.54, 1.807) is 0 Å². The van der Waals surface area contributed by atoms with E-state index in [2.05, 4.69) is 37.5 Å². The summed E-state index contributed by atoms with van der Waals surface area (Å²) in [4.78, 5) is 11.9. The molecule has 1 aromatic carbocycles. The van der Waals surface area contributed by atoms with Crippen molar-refractivity contribution in [3.05, 3.63) is 29.3 Å². The van der Waals surface area contributed by atoms with Crippen LogP contribution < -0.4 is 10.6 Å². The third-order valence-electron chi connectivity index (χ3n) is 3.95. The molecule has 0 aliphatic carbocycles. The van der Waals surface area contributed by atoms with Crippen LogP contribution in [0.2, 0.25) is 0 Å². The van der Waals surface area contributed by atoms with Gasteiger partial charge in [-0.05, 0) is 43.4 Å². The van der Waals surface area contributed by atoms with Gasteiger partial charge in [-0.15, -0.1) is 0 Å². The van der Waals surface area contributed by atoms with E-state index in [1.165, 1.54) is 24.8 Å². The van der Waals surface area contributed by atoms with Crippen molar-refractivity contribution in [3.63, 3.8) is 0 Å². The van der Waals surface area contributed by atoms with E-state index in [-0.39, 0.29) is 6.03 Å². The molecule has 1 aromatic rings. The van der Waals surface area contributed by atoms with Gasteiger partial charge in [0.1, 0.15) is 0 Å². The van der Waals surface area contributed by atoms with E-state index in [0.717, 1.165) is 24.2 Å². The number of anilines is 1. The lowest BCUT2D eigenvalue weighted by Gasteiger charge is -2.16. The predicted octanol–water partition coefficient (Wildman–Crippen LogP) is 4.64. The number of unbranched alkanes of at least 4 members (excludes halogenated alkanes) is 1. The van der Waals surface area contributed by atoms with Crippen LogP contribution in [0.1, 0.15) is 50.7 Å². The molecule has 0 spiro atoms. The molecular weight excluding hydrogens is 248 g/mol. The summed E-state index contributed by atoms with van der Waals surface area (Å²) in [6.45, 7) is 9.22. The van der Waals surface area contributed by atoms with E-state index in [1.807, 2.05) is 19.1 Å². The van der Waals surface area contributed by atoms with Crippen LogP contribution in [-0.2, 0) is 0 Å². The van der Waals surface area contributed by atoms with Crippen LogP contribution in [0.15, 0.2) is 18.2 Å². The van der Waals surface area contributed by atoms with Gasteiger partial charge in [-0.1, -0.05) is 45.2 Å². The average molecular weight is 276 g/mol. The maximum Gasteiger partial charge on any atom is 0.319 e. The Morgan fingerprint density at radius 1 is 1.25 bits per heavy atom. The zero-order valence-electron chi connectivity index (χ0n) is 13.3. The van der Waals surface area contributed by atoms with Gasteiger partial charge in [0.05, 0.1) is 0 Å². The number of benzene rings is 1. The van der Waals surface area contributed by atoms with Crippen LogP contribution >= 0.6 is 0 Å². The molecule has 20 heavy (non-hydrogen) atoms. The summed E-state index contributed by atoms with van der Waals surface area (Å²) in [7, 11) is 0. The summed E-state index contributed by atoms with van der Waals surface area (Å²) in [6, 6.07) is 5.86. The zero-order chi connectivity index (χ0) is 15.0. The Bertz CT molecular complexity index is 429. The van der Waals surface area contributed by atoms with E-state index in [4.69, 9.17) is 0 Å². The molecule has 0 fully saturated rings. The maximum atomic E-state index is 11.9. The summed E-state index contributed by atoms with van der Waals surface area (Å²) < 4.78 is 0. The van der Waals surface area contributed by atoms with Crippen LogP contribution in [0, 0.1) is 19.8 Å². The number of amides is 2. The minimum atomic E-state index is -0.103. The second kappa shape index (κ2) is 8.62. The third kappa shape index (κ3) is 5.24. The molecular formula is C17H28N2O. The summed E-state index contributed by atoms with van der Waals surface area (Å²) in [6.07, 6.45) is 4.75. The molecule has 0 saturated carbocycles. The molecule has 1 atom stereocenters. The van der Waals surface area contributed by atoms with Crippen LogP contribution in [-0.4, -0.2) is 12.6 Å². The quantitative estimate of drug-likeness (QED) is 0.748. The van der Waals surface area contributed by atoms with Crippen molar-refractivity contribution in [3.8, 4) is 0 Å². The van der Waals surface area contributed by atoms with E-state index >= 15 is 0 Å². The highest BCUT2D eigenvalue weighted by atomic mass is 16.2. The minimum absolute atomic E-state index is 0.103. The van der Waals surface area contributed by atoms with Crippen molar-refractivity contribution < 1.29 is 4.79 Å².